The quantitative estimate of drug-likeness (QED) is 0.647. The third kappa shape index (κ3) is 5.38. The van der Waals surface area contributed by atoms with E-state index < -0.39 is 28.4 Å². The maximum Gasteiger partial charge on any atom is 0.339 e. The van der Waals surface area contributed by atoms with E-state index in [0.717, 1.165) is 10.6 Å². The van der Waals surface area contributed by atoms with E-state index in [0.29, 0.717) is 5.75 Å². The lowest BCUT2D eigenvalue weighted by Gasteiger charge is -2.24. The zero-order valence-corrected chi connectivity index (χ0v) is 17.3. The maximum absolute atomic E-state index is 12.6. The summed E-state index contributed by atoms with van der Waals surface area (Å²) in [6.07, 6.45) is 0.979. The summed E-state index contributed by atoms with van der Waals surface area (Å²) in [7, 11) is 0.244. The van der Waals surface area contributed by atoms with Gasteiger partial charge in [0.05, 0.1) is 44.5 Å². The fourth-order valence-electron chi connectivity index (χ4n) is 2.57. The molecule has 9 nitrogen and oxygen atoms in total. The molecular formula is C19H22N2O7S. The Hall–Kier alpha value is -3.27. The van der Waals surface area contributed by atoms with Gasteiger partial charge in [0.15, 0.2) is 0 Å². The number of ether oxygens (including phenoxy) is 3. The van der Waals surface area contributed by atoms with Gasteiger partial charge in [0.1, 0.15) is 18.0 Å². The highest BCUT2D eigenvalue weighted by Gasteiger charge is 2.25. The molecule has 156 valence electrons. The second-order valence-electron chi connectivity index (χ2n) is 5.89. The molecule has 0 bridgehead atoms. The zero-order valence-electron chi connectivity index (χ0n) is 16.5. The molecule has 1 N–H and O–H groups in total. The predicted octanol–water partition coefficient (Wildman–Crippen LogP) is 1.90. The average molecular weight is 422 g/mol. The summed E-state index contributed by atoms with van der Waals surface area (Å²) < 4.78 is 40.7. The van der Waals surface area contributed by atoms with Crippen molar-refractivity contribution in [3.05, 3.63) is 48.0 Å². The van der Waals surface area contributed by atoms with E-state index in [-0.39, 0.29) is 22.7 Å². The molecule has 0 atom stereocenters. The van der Waals surface area contributed by atoms with Crippen LogP contribution in [0.25, 0.3) is 0 Å². The standard InChI is InChI=1S/C19H22N2O7S/c1-26-13-9-10-16(17(11-13)27-2)21(29(4,24)25)12-18(22)20-15-8-6-5-7-14(15)19(23)28-3/h5-11H,12H2,1-4H3,(H,20,22). The third-order valence-electron chi connectivity index (χ3n) is 3.95. The molecule has 0 fully saturated rings. The number of anilines is 2. The molecule has 0 heterocycles. The molecule has 29 heavy (non-hydrogen) atoms. The van der Waals surface area contributed by atoms with Gasteiger partial charge >= 0.3 is 5.97 Å². The molecule has 0 spiro atoms. The maximum atomic E-state index is 12.6. The van der Waals surface area contributed by atoms with Gasteiger partial charge in [-0.3, -0.25) is 9.10 Å². The SMILES string of the molecule is COC(=O)c1ccccc1NC(=O)CN(c1ccc(OC)cc1OC)S(C)(=O)=O. The van der Waals surface area contributed by atoms with Crippen LogP contribution in [0, 0.1) is 0 Å². The van der Waals surface area contributed by atoms with Crippen LogP contribution in [0.1, 0.15) is 10.4 Å². The van der Waals surface area contributed by atoms with Crippen molar-refractivity contribution < 1.29 is 32.2 Å². The van der Waals surface area contributed by atoms with Crippen LogP contribution in [0.15, 0.2) is 42.5 Å². The zero-order chi connectivity index (χ0) is 21.6. The van der Waals surface area contributed by atoms with Gasteiger partial charge in [-0.25, -0.2) is 13.2 Å². The molecule has 2 aromatic rings. The summed E-state index contributed by atoms with van der Waals surface area (Å²) >= 11 is 0. The number of para-hydroxylation sites is 1. The summed E-state index contributed by atoms with van der Waals surface area (Å²) in [5.74, 6) is -0.588. The van der Waals surface area contributed by atoms with Crippen LogP contribution in [0.2, 0.25) is 0 Å². The van der Waals surface area contributed by atoms with Gasteiger partial charge in [-0.05, 0) is 24.3 Å². The minimum Gasteiger partial charge on any atom is -0.497 e. The fraction of sp³-hybridized carbons (Fsp3) is 0.263. The number of carbonyl (C=O) groups is 2. The summed E-state index contributed by atoms with van der Waals surface area (Å²) in [5.41, 5.74) is 0.531. The second kappa shape index (κ2) is 9.28. The molecular weight excluding hydrogens is 400 g/mol. The molecule has 0 saturated heterocycles. The number of carbonyl (C=O) groups excluding carboxylic acids is 2. The summed E-state index contributed by atoms with van der Waals surface area (Å²) in [6.45, 7) is -0.531. The molecule has 0 aliphatic carbocycles. The van der Waals surface area contributed by atoms with Crippen molar-refractivity contribution in [1.29, 1.82) is 0 Å². The summed E-state index contributed by atoms with van der Waals surface area (Å²) in [6, 6.07) is 10.8. The lowest BCUT2D eigenvalue weighted by molar-refractivity contribution is -0.114. The normalized spacial score (nSPS) is 10.8. The largest absolute Gasteiger partial charge is 0.497 e. The Morgan fingerprint density at radius 2 is 1.72 bits per heavy atom. The number of nitrogens with one attached hydrogen (secondary N) is 1. The van der Waals surface area contributed by atoms with Crippen LogP contribution < -0.4 is 19.1 Å². The number of esters is 1. The van der Waals surface area contributed by atoms with Crippen LogP contribution in [0.3, 0.4) is 0 Å². The molecule has 0 aliphatic rings. The van der Waals surface area contributed by atoms with E-state index in [9.17, 15) is 18.0 Å². The average Bonchev–Trinajstić information content (AvgIpc) is 2.70. The minimum absolute atomic E-state index is 0.149. The van der Waals surface area contributed by atoms with Crippen LogP contribution in [0.5, 0.6) is 11.5 Å². The smallest absolute Gasteiger partial charge is 0.339 e. The number of benzene rings is 2. The van der Waals surface area contributed by atoms with Crippen molar-refractivity contribution in [1.82, 2.24) is 0 Å². The Morgan fingerprint density at radius 3 is 2.31 bits per heavy atom. The topological polar surface area (TPSA) is 111 Å². The highest BCUT2D eigenvalue weighted by atomic mass is 32.2. The number of hydrogen-bond donors (Lipinski definition) is 1. The van der Waals surface area contributed by atoms with E-state index in [4.69, 9.17) is 14.2 Å². The van der Waals surface area contributed by atoms with Gasteiger partial charge in [-0.2, -0.15) is 0 Å². The van der Waals surface area contributed by atoms with Gasteiger partial charge < -0.3 is 19.5 Å². The highest BCUT2D eigenvalue weighted by molar-refractivity contribution is 7.92. The lowest BCUT2D eigenvalue weighted by atomic mass is 10.2. The first kappa shape index (κ1) is 22.0. The van der Waals surface area contributed by atoms with Crippen LogP contribution in [0.4, 0.5) is 11.4 Å². The number of methoxy groups -OCH3 is 3. The fourth-order valence-corrected chi connectivity index (χ4v) is 3.43. The van der Waals surface area contributed by atoms with Crippen molar-refractivity contribution in [2.24, 2.45) is 0 Å². The van der Waals surface area contributed by atoms with Crippen molar-refractivity contribution in [3.8, 4) is 11.5 Å². The number of rotatable bonds is 8. The first-order valence-electron chi connectivity index (χ1n) is 8.38. The van der Waals surface area contributed by atoms with Gasteiger partial charge in [-0.1, -0.05) is 12.1 Å². The van der Waals surface area contributed by atoms with Crippen LogP contribution >= 0.6 is 0 Å². The number of amides is 1. The monoisotopic (exact) mass is 422 g/mol. The summed E-state index contributed by atoms with van der Waals surface area (Å²) in [4.78, 5) is 24.4. The molecule has 0 aromatic heterocycles. The van der Waals surface area contributed by atoms with E-state index in [2.05, 4.69) is 5.32 Å². The van der Waals surface area contributed by atoms with Gasteiger partial charge in [0.25, 0.3) is 0 Å². The third-order valence-corrected chi connectivity index (χ3v) is 5.08. The molecule has 0 saturated carbocycles. The highest BCUT2D eigenvalue weighted by Crippen LogP contribution is 2.33. The van der Waals surface area contributed by atoms with Crippen molar-refractivity contribution >= 4 is 33.3 Å². The molecule has 2 rings (SSSR count). The Kier molecular flexibility index (Phi) is 7.05. The molecule has 0 unspecified atom stereocenters. The van der Waals surface area contributed by atoms with E-state index in [1.807, 2.05) is 0 Å². The molecule has 2 aromatic carbocycles. The molecule has 1 amide bonds. The first-order valence-corrected chi connectivity index (χ1v) is 10.2. The molecule has 0 aliphatic heterocycles. The van der Waals surface area contributed by atoms with Crippen molar-refractivity contribution in [3.63, 3.8) is 0 Å². The molecule has 0 radical (unpaired) electrons. The Balaban J connectivity index is 2.34. The van der Waals surface area contributed by atoms with Gasteiger partial charge in [0.2, 0.25) is 15.9 Å². The first-order chi connectivity index (χ1) is 13.7. The van der Waals surface area contributed by atoms with Crippen molar-refractivity contribution in [2.45, 2.75) is 0 Å². The second-order valence-corrected chi connectivity index (χ2v) is 7.80. The Bertz CT molecular complexity index is 1010. The Morgan fingerprint density at radius 1 is 1.03 bits per heavy atom. The number of nitrogens with zero attached hydrogens (tertiary/aromatic N) is 1. The van der Waals surface area contributed by atoms with Crippen LogP contribution in [-0.4, -0.2) is 54.4 Å². The van der Waals surface area contributed by atoms with Crippen molar-refractivity contribution in [2.75, 3.05) is 43.8 Å². The molecule has 10 heteroatoms. The van der Waals surface area contributed by atoms with E-state index in [1.54, 1.807) is 18.2 Å². The number of hydrogen-bond acceptors (Lipinski definition) is 7. The minimum atomic E-state index is -3.83. The van der Waals surface area contributed by atoms with E-state index >= 15 is 0 Å². The number of sulfonamides is 1. The van der Waals surface area contributed by atoms with Gasteiger partial charge in [-0.15, -0.1) is 0 Å². The van der Waals surface area contributed by atoms with Gasteiger partial charge in [0, 0.05) is 6.07 Å². The van der Waals surface area contributed by atoms with E-state index in [1.165, 1.54) is 45.6 Å². The lowest BCUT2D eigenvalue weighted by Crippen LogP contribution is -2.37. The predicted molar refractivity (Wildman–Crippen MR) is 108 cm³/mol. The van der Waals surface area contributed by atoms with Crippen LogP contribution in [-0.2, 0) is 19.6 Å². The summed E-state index contributed by atoms with van der Waals surface area (Å²) in [5, 5.41) is 2.55. The Labute approximate surface area is 169 Å².